The minimum atomic E-state index is -0.186. The zero-order valence-corrected chi connectivity index (χ0v) is 37.1. The summed E-state index contributed by atoms with van der Waals surface area (Å²) in [6.07, 6.45) is 12.6. The molecule has 10 rings (SSSR count). The predicted octanol–water partition coefficient (Wildman–Crippen LogP) is 11.4. The van der Waals surface area contributed by atoms with Gasteiger partial charge in [-0.15, -0.1) is 41.3 Å². The van der Waals surface area contributed by atoms with Crippen LogP contribution in [0.15, 0.2) is 146 Å². The molecular formula is C52H44BN5OPt. The summed E-state index contributed by atoms with van der Waals surface area (Å²) in [5.41, 5.74) is 14.8. The summed E-state index contributed by atoms with van der Waals surface area (Å²) in [4.78, 5) is 12.5. The molecule has 6 nitrogen and oxygen atoms in total. The maximum atomic E-state index is 6.67. The van der Waals surface area contributed by atoms with Crippen molar-refractivity contribution in [3.8, 4) is 28.7 Å². The third-order valence-corrected chi connectivity index (χ3v) is 11.9. The molecule has 2 aliphatic rings. The van der Waals surface area contributed by atoms with Gasteiger partial charge in [0.15, 0.2) is 0 Å². The van der Waals surface area contributed by atoms with E-state index in [1.807, 2.05) is 30.6 Å². The van der Waals surface area contributed by atoms with Crippen molar-refractivity contribution in [3.63, 3.8) is 0 Å². The summed E-state index contributed by atoms with van der Waals surface area (Å²) in [5.74, 6) is 2.84. The minimum Gasteiger partial charge on any atom is -0.503 e. The Morgan fingerprint density at radius 3 is 2.18 bits per heavy atom. The van der Waals surface area contributed by atoms with Crippen molar-refractivity contribution in [1.29, 1.82) is 0 Å². The van der Waals surface area contributed by atoms with Gasteiger partial charge in [-0.2, -0.15) is 6.07 Å². The Bertz CT molecular complexity index is 3050. The average molecular weight is 961 g/mol. The zero-order chi connectivity index (χ0) is 40.6. The van der Waals surface area contributed by atoms with Crippen molar-refractivity contribution >= 4 is 39.8 Å². The third kappa shape index (κ3) is 6.47. The molecule has 0 bridgehead atoms. The van der Waals surface area contributed by atoms with Crippen molar-refractivity contribution in [1.82, 2.24) is 23.8 Å². The number of allylic oxidation sites excluding steroid dienone is 3. The molecule has 0 N–H and O–H groups in total. The first-order valence-electron chi connectivity index (χ1n) is 20.3. The average Bonchev–Trinajstić information content (AvgIpc) is 3.81. The molecule has 0 amide bonds. The summed E-state index contributed by atoms with van der Waals surface area (Å²) >= 11 is 0. The van der Waals surface area contributed by atoms with Crippen molar-refractivity contribution in [2.75, 3.05) is 0 Å². The number of para-hydroxylation sites is 1. The third-order valence-electron chi connectivity index (χ3n) is 11.9. The first kappa shape index (κ1) is 39.3. The minimum absolute atomic E-state index is 0. The summed E-state index contributed by atoms with van der Waals surface area (Å²) in [6, 6.07) is 43.2. The molecule has 0 radical (unpaired) electrons. The molecule has 0 aliphatic carbocycles. The van der Waals surface area contributed by atoms with E-state index in [1.54, 1.807) is 0 Å². The Balaban J connectivity index is 0.00000462. The van der Waals surface area contributed by atoms with Gasteiger partial charge in [0, 0.05) is 46.5 Å². The van der Waals surface area contributed by atoms with Crippen LogP contribution in [0.1, 0.15) is 59.8 Å². The molecule has 0 unspecified atom stereocenters. The fraction of sp³-hybridized carbons (Fsp3) is 0.154. The number of aromatic nitrogens is 4. The quantitative estimate of drug-likeness (QED) is 0.123. The fourth-order valence-corrected chi connectivity index (χ4v) is 9.03. The Morgan fingerprint density at radius 2 is 1.42 bits per heavy atom. The van der Waals surface area contributed by atoms with Crippen molar-refractivity contribution in [2.24, 2.45) is 0 Å². The van der Waals surface area contributed by atoms with Gasteiger partial charge in [0.1, 0.15) is 5.82 Å². The first-order valence-corrected chi connectivity index (χ1v) is 20.3. The van der Waals surface area contributed by atoms with Crippen LogP contribution in [0.4, 0.5) is 0 Å². The van der Waals surface area contributed by atoms with Crippen LogP contribution in [0.3, 0.4) is 0 Å². The van der Waals surface area contributed by atoms with Crippen LogP contribution in [0, 0.1) is 39.8 Å². The van der Waals surface area contributed by atoms with Gasteiger partial charge in [-0.1, -0.05) is 104 Å². The molecule has 0 spiro atoms. The summed E-state index contributed by atoms with van der Waals surface area (Å²) in [7, 11) is 0. The maximum Gasteiger partial charge on any atom is 2.00 e. The number of rotatable bonds is 6. The second-order valence-electron chi connectivity index (χ2n) is 16.8. The van der Waals surface area contributed by atoms with Crippen LogP contribution in [-0.2, 0) is 26.5 Å². The maximum absolute atomic E-state index is 6.67. The molecule has 60 heavy (non-hydrogen) atoms. The number of benzene rings is 5. The smallest absolute Gasteiger partial charge is 0.503 e. The van der Waals surface area contributed by atoms with E-state index >= 15 is 0 Å². The van der Waals surface area contributed by atoms with E-state index in [1.165, 1.54) is 38.8 Å². The van der Waals surface area contributed by atoms with E-state index in [4.69, 9.17) is 14.7 Å². The van der Waals surface area contributed by atoms with Gasteiger partial charge in [-0.3, -0.25) is 4.98 Å². The molecule has 5 heterocycles. The Hall–Kier alpha value is -6.17. The molecule has 8 aromatic rings. The topological polar surface area (TPSA) is 48.1 Å². The van der Waals surface area contributed by atoms with Gasteiger partial charge in [-0.05, 0) is 103 Å². The first-order chi connectivity index (χ1) is 28.6. The number of imidazole rings is 1. The molecule has 296 valence electrons. The standard InChI is InChI=1S/C52H44BN5O.Pt/c1-33-15-12-16-34(2)48(33)49-44-23-10-11-28-56(44)53(50-35(3)17-13-18-36(50)4)58-46(49)32-55-51(58)37-19-14-20-39(29-37)59-40-24-25-42-41-21-8-9-22-43(41)57(45(42)31-40)47-30-38(26-27-54-47)52(5,6)7;/h8-28,30,32H,1-7H3;/q-2;+2. The van der Waals surface area contributed by atoms with E-state index in [9.17, 15) is 0 Å². The SMILES string of the molecule is Cc1cccc(C)c1B1N2C=CC=CC2=C(c2c(C)cccc2C)c2cnc(-c3[c-]c(Oc4[c-]c5c(cc4)c4ccccc4n5-c4cc(C(C)(C)C)ccn4)ccc3)n21.[Pt+2]. The molecule has 0 fully saturated rings. The Labute approximate surface area is 367 Å². The van der Waals surface area contributed by atoms with E-state index in [0.29, 0.717) is 11.5 Å². The van der Waals surface area contributed by atoms with Gasteiger partial charge in [0.05, 0.1) is 5.69 Å². The van der Waals surface area contributed by atoms with Gasteiger partial charge in [0.25, 0.3) is 0 Å². The number of fused-ring (bicyclic) bond motifs is 5. The zero-order valence-electron chi connectivity index (χ0n) is 34.8. The molecule has 5 aromatic carbocycles. The largest absolute Gasteiger partial charge is 2.00 e. The van der Waals surface area contributed by atoms with E-state index in [2.05, 4.69) is 184 Å². The number of aryl methyl sites for hydroxylation is 4. The number of hydrogen-bond donors (Lipinski definition) is 0. The molecule has 0 saturated carbocycles. The summed E-state index contributed by atoms with van der Waals surface area (Å²) in [6.45, 7) is 15.3. The normalized spacial score (nSPS) is 13.5. The molecule has 0 atom stereocenters. The molecular weight excluding hydrogens is 916 g/mol. The monoisotopic (exact) mass is 960 g/mol. The number of nitrogens with zero attached hydrogens (tertiary/aromatic N) is 5. The number of pyridine rings is 1. The van der Waals surface area contributed by atoms with Gasteiger partial charge < -0.3 is 18.6 Å². The van der Waals surface area contributed by atoms with Crippen LogP contribution in [0.25, 0.3) is 44.6 Å². The van der Waals surface area contributed by atoms with Gasteiger partial charge >= 0.3 is 28.0 Å². The molecule has 8 heteroatoms. The van der Waals surface area contributed by atoms with Crippen LogP contribution in [0.2, 0.25) is 0 Å². The summed E-state index contributed by atoms with van der Waals surface area (Å²) < 4.78 is 11.3. The Morgan fingerprint density at radius 1 is 0.700 bits per heavy atom. The number of hydrogen-bond acceptors (Lipinski definition) is 4. The van der Waals surface area contributed by atoms with Crippen LogP contribution in [0.5, 0.6) is 11.5 Å². The molecule has 3 aromatic heterocycles. The van der Waals surface area contributed by atoms with Crippen LogP contribution >= 0.6 is 0 Å². The van der Waals surface area contributed by atoms with Gasteiger partial charge in [-0.25, -0.2) is 4.98 Å². The second kappa shape index (κ2) is 15.1. The Kier molecular flexibility index (Phi) is 9.92. The van der Waals surface area contributed by atoms with E-state index < -0.39 is 0 Å². The van der Waals surface area contributed by atoms with Crippen LogP contribution in [-0.4, -0.2) is 30.8 Å². The predicted molar refractivity (Wildman–Crippen MR) is 241 cm³/mol. The van der Waals surface area contributed by atoms with Crippen molar-refractivity contribution in [3.05, 3.63) is 197 Å². The van der Waals surface area contributed by atoms with Crippen molar-refractivity contribution < 1.29 is 25.8 Å². The van der Waals surface area contributed by atoms with Crippen LogP contribution < -0.4 is 10.2 Å². The van der Waals surface area contributed by atoms with E-state index in [-0.39, 0.29) is 33.5 Å². The fourth-order valence-electron chi connectivity index (χ4n) is 9.03. The van der Waals surface area contributed by atoms with Gasteiger partial charge in [0.2, 0.25) is 0 Å². The second-order valence-corrected chi connectivity index (χ2v) is 16.8. The molecule has 0 saturated heterocycles. The molecule has 2 aliphatic heterocycles. The summed E-state index contributed by atoms with van der Waals surface area (Å²) in [5, 5.41) is 2.23. The van der Waals surface area contributed by atoms with Crippen molar-refractivity contribution in [2.45, 2.75) is 53.9 Å². The van der Waals surface area contributed by atoms with E-state index in [0.717, 1.165) is 56.0 Å². The number of ether oxygens (including phenoxy) is 1.